The van der Waals surface area contributed by atoms with Gasteiger partial charge in [0.05, 0.1) is 23.1 Å². The number of carbonyl (C=O) groups is 2. The topological polar surface area (TPSA) is 83.5 Å². The van der Waals surface area contributed by atoms with Crippen LogP contribution in [0.2, 0.25) is 0 Å². The van der Waals surface area contributed by atoms with Crippen molar-refractivity contribution in [2.24, 2.45) is 5.92 Å². The Morgan fingerprint density at radius 2 is 1.79 bits per heavy atom. The number of sulfone groups is 1. The summed E-state index contributed by atoms with van der Waals surface area (Å²) in [4.78, 5) is 27.6. The number of fused-ring (bicyclic) bond motifs is 1. The number of hydrogen-bond donors (Lipinski definition) is 1. The zero-order valence-corrected chi connectivity index (χ0v) is 19.3. The van der Waals surface area contributed by atoms with Crippen molar-refractivity contribution < 1.29 is 19.4 Å². The van der Waals surface area contributed by atoms with Crippen molar-refractivity contribution in [1.29, 1.82) is 0 Å². The van der Waals surface area contributed by atoms with E-state index in [4.69, 9.17) is 0 Å². The number of allylic oxidation sites excluding steroid dienone is 2. The number of hydrogen-bond acceptors (Lipinski definition) is 4. The number of nitrogens with one attached hydrogen (secondary N) is 1. The third-order valence-corrected chi connectivity index (χ3v) is 7.75. The molecular weight excluding hydrogens is 436 g/mol. The van der Waals surface area contributed by atoms with Crippen LogP contribution in [0.5, 0.6) is 0 Å². The monoisotopic (exact) mass is 465 g/mol. The second-order valence-corrected chi connectivity index (χ2v) is 10.5. The smallest absolute Gasteiger partial charge is 0.254 e. The van der Waals surface area contributed by atoms with Gasteiger partial charge in [-0.1, -0.05) is 43.4 Å². The van der Waals surface area contributed by atoms with Gasteiger partial charge in [-0.25, -0.2) is 8.42 Å². The molecule has 2 amide bonds. The molecule has 1 atom stereocenters. The lowest BCUT2D eigenvalue weighted by molar-refractivity contribution is -0.115. The van der Waals surface area contributed by atoms with Crippen molar-refractivity contribution >= 4 is 27.3 Å². The second-order valence-electron chi connectivity index (χ2n) is 8.22. The molecule has 2 aromatic carbocycles. The summed E-state index contributed by atoms with van der Waals surface area (Å²) in [7, 11) is -3.26. The average molecular weight is 466 g/mol. The zero-order valence-electron chi connectivity index (χ0n) is 18.5. The van der Waals surface area contributed by atoms with Crippen molar-refractivity contribution in [1.82, 2.24) is 4.90 Å². The highest BCUT2D eigenvalue weighted by Crippen LogP contribution is 2.35. The van der Waals surface area contributed by atoms with Crippen LogP contribution in [0, 0.1) is 12.0 Å². The van der Waals surface area contributed by atoms with Gasteiger partial charge in [0.25, 0.3) is 5.91 Å². The molecule has 7 heteroatoms. The van der Waals surface area contributed by atoms with Crippen LogP contribution >= 0.6 is 0 Å². The summed E-state index contributed by atoms with van der Waals surface area (Å²) in [6, 6.07) is 14.3. The lowest BCUT2D eigenvalue weighted by Gasteiger charge is -2.39. The van der Waals surface area contributed by atoms with Crippen LogP contribution in [-0.4, -0.2) is 37.4 Å². The Kier molecular flexibility index (Phi) is 6.79. The standard InChI is InChI=1S/C26H27N2O4S.H2/c1-2-33(31,32)23-15-9-19(10-16-23)18-25(29)27-22-13-11-21(12-14-22)26(30)28-17-5-7-20-6-3-4-8-24(20)28;/h3-4,6,8-16,20H,2,5,7,17-18H2,1H3,(H,27,29);1H. The molecule has 1 fully saturated rings. The summed E-state index contributed by atoms with van der Waals surface area (Å²) in [5.74, 6) is 0.0855. The first-order valence-corrected chi connectivity index (χ1v) is 12.8. The maximum atomic E-state index is 13.1. The highest BCUT2D eigenvalue weighted by atomic mass is 32.2. The molecule has 1 unspecified atom stereocenters. The van der Waals surface area contributed by atoms with E-state index in [1.54, 1.807) is 43.3 Å². The van der Waals surface area contributed by atoms with E-state index in [2.05, 4.69) is 11.4 Å². The molecule has 1 saturated heterocycles. The number of nitrogens with zero attached hydrogens (tertiary/aromatic N) is 1. The first kappa shape index (κ1) is 23.0. The molecule has 0 bridgehead atoms. The quantitative estimate of drug-likeness (QED) is 0.685. The number of likely N-dealkylation sites (tertiary alicyclic amines) is 1. The summed E-state index contributed by atoms with van der Waals surface area (Å²) < 4.78 is 23.8. The van der Waals surface area contributed by atoms with E-state index in [0.717, 1.165) is 24.4 Å². The van der Waals surface area contributed by atoms with Crippen LogP contribution in [0.3, 0.4) is 0 Å². The maximum Gasteiger partial charge on any atom is 0.254 e. The van der Waals surface area contributed by atoms with Gasteiger partial charge in [0.15, 0.2) is 9.84 Å². The Morgan fingerprint density at radius 1 is 1.06 bits per heavy atom. The summed E-state index contributed by atoms with van der Waals surface area (Å²) in [6.07, 6.45) is 10.3. The molecule has 1 heterocycles. The van der Waals surface area contributed by atoms with Crippen LogP contribution in [0.4, 0.5) is 5.69 Å². The Morgan fingerprint density at radius 3 is 2.48 bits per heavy atom. The Labute approximate surface area is 196 Å². The second kappa shape index (κ2) is 9.75. The highest BCUT2D eigenvalue weighted by Gasteiger charge is 2.33. The molecule has 0 saturated carbocycles. The number of anilines is 1. The predicted molar refractivity (Wildman–Crippen MR) is 130 cm³/mol. The third-order valence-electron chi connectivity index (χ3n) is 6.00. The first-order valence-electron chi connectivity index (χ1n) is 11.1. The minimum absolute atomic E-state index is 0. The van der Waals surface area contributed by atoms with Gasteiger partial charge in [0, 0.05) is 25.1 Å². The van der Waals surface area contributed by atoms with Crippen molar-refractivity contribution in [2.45, 2.75) is 31.1 Å². The fraction of sp³-hybridized carbons (Fsp3) is 0.269. The molecule has 1 N–H and O–H groups in total. The van der Waals surface area contributed by atoms with Crippen molar-refractivity contribution in [3.8, 4) is 0 Å². The van der Waals surface area contributed by atoms with E-state index in [-0.39, 0.29) is 30.3 Å². The van der Waals surface area contributed by atoms with Crippen LogP contribution in [0.15, 0.2) is 77.7 Å². The largest absolute Gasteiger partial charge is 0.326 e. The molecule has 173 valence electrons. The van der Waals surface area contributed by atoms with Crippen molar-refractivity contribution in [2.75, 3.05) is 17.6 Å². The Balaban J connectivity index is 0.00000324. The molecular formula is C26H29N2O4S. The number of carbonyl (C=O) groups excluding carboxylic acids is 2. The van der Waals surface area contributed by atoms with Crippen LogP contribution in [-0.2, 0) is 21.1 Å². The molecule has 1 aliphatic carbocycles. The lowest BCUT2D eigenvalue weighted by Crippen LogP contribution is -2.42. The number of piperidine rings is 1. The molecule has 1 aliphatic heterocycles. The van der Waals surface area contributed by atoms with Gasteiger partial charge in [-0.05, 0) is 54.8 Å². The molecule has 33 heavy (non-hydrogen) atoms. The van der Waals surface area contributed by atoms with E-state index < -0.39 is 9.84 Å². The van der Waals surface area contributed by atoms with Crippen LogP contribution < -0.4 is 5.32 Å². The number of benzene rings is 2. The van der Waals surface area contributed by atoms with Gasteiger partial charge in [-0.2, -0.15) is 0 Å². The zero-order chi connectivity index (χ0) is 23.4. The SMILES string of the molecule is CCS(=O)(=O)c1ccc(CC(=O)Nc2ccc(C(=O)N3CCCC4C=CC=C[C]43)cc2)cc1.[HH]. The number of rotatable bonds is 6. The molecule has 2 aliphatic rings. The van der Waals surface area contributed by atoms with Crippen molar-refractivity contribution in [3.05, 3.63) is 90.0 Å². The summed E-state index contributed by atoms with van der Waals surface area (Å²) >= 11 is 0. The van der Waals surface area contributed by atoms with E-state index in [1.807, 2.05) is 23.1 Å². The molecule has 4 rings (SSSR count). The van der Waals surface area contributed by atoms with Gasteiger partial charge in [0.2, 0.25) is 5.91 Å². The summed E-state index contributed by atoms with van der Waals surface area (Å²) in [5, 5.41) is 2.83. The minimum Gasteiger partial charge on any atom is -0.326 e. The molecule has 0 aromatic heterocycles. The van der Waals surface area contributed by atoms with Gasteiger partial charge in [-0.15, -0.1) is 0 Å². The third kappa shape index (κ3) is 5.25. The minimum atomic E-state index is -3.26. The molecule has 1 radical (unpaired) electrons. The summed E-state index contributed by atoms with van der Waals surface area (Å²) in [6.45, 7) is 2.31. The fourth-order valence-corrected chi connectivity index (χ4v) is 5.03. The normalized spacial score (nSPS) is 18.1. The molecule has 6 nitrogen and oxygen atoms in total. The van der Waals surface area contributed by atoms with Crippen LogP contribution in [0.1, 0.15) is 37.1 Å². The van der Waals surface area contributed by atoms with Crippen molar-refractivity contribution in [3.63, 3.8) is 0 Å². The predicted octanol–water partition coefficient (Wildman–Crippen LogP) is 4.42. The van der Waals surface area contributed by atoms with Gasteiger partial charge < -0.3 is 10.2 Å². The first-order chi connectivity index (χ1) is 15.9. The maximum absolute atomic E-state index is 13.1. The molecule has 2 aromatic rings. The van der Waals surface area contributed by atoms with Gasteiger partial charge in [0.1, 0.15) is 0 Å². The van der Waals surface area contributed by atoms with Gasteiger partial charge >= 0.3 is 0 Å². The number of amides is 2. The Hall–Kier alpha value is -3.19. The van der Waals surface area contributed by atoms with E-state index in [0.29, 0.717) is 23.7 Å². The molecule has 0 spiro atoms. The highest BCUT2D eigenvalue weighted by molar-refractivity contribution is 7.91. The van der Waals surface area contributed by atoms with E-state index in [9.17, 15) is 18.0 Å². The van der Waals surface area contributed by atoms with Gasteiger partial charge in [-0.3, -0.25) is 9.59 Å². The lowest BCUT2D eigenvalue weighted by atomic mass is 9.86. The summed E-state index contributed by atoms with van der Waals surface area (Å²) in [5.41, 5.74) is 1.91. The van der Waals surface area contributed by atoms with E-state index >= 15 is 0 Å². The van der Waals surface area contributed by atoms with Crippen LogP contribution in [0.25, 0.3) is 0 Å². The Bertz CT molecular complexity index is 1190. The fourth-order valence-electron chi connectivity index (χ4n) is 4.15. The average Bonchev–Trinajstić information content (AvgIpc) is 2.84. The van der Waals surface area contributed by atoms with E-state index in [1.165, 1.54) is 12.1 Å².